The molecule has 5 heteroatoms. The fourth-order valence-electron chi connectivity index (χ4n) is 2.24. The SMILES string of the molecule is O=C1CCS(=O)N1c1cccc2c1CCN2. The smallest absolute Gasteiger partial charge is 0.239 e. The number of benzene rings is 1. The molecule has 16 heavy (non-hydrogen) atoms. The van der Waals surface area contributed by atoms with Crippen LogP contribution in [0.2, 0.25) is 0 Å². The van der Waals surface area contributed by atoms with Crippen LogP contribution in [0.1, 0.15) is 12.0 Å². The normalized spacial score (nSPS) is 23.4. The van der Waals surface area contributed by atoms with Crippen molar-refractivity contribution < 1.29 is 9.00 Å². The zero-order chi connectivity index (χ0) is 11.1. The quantitative estimate of drug-likeness (QED) is 0.793. The van der Waals surface area contributed by atoms with Crippen LogP contribution in [0.25, 0.3) is 0 Å². The molecule has 0 saturated carbocycles. The summed E-state index contributed by atoms with van der Waals surface area (Å²) in [7, 11) is -1.18. The average Bonchev–Trinajstić information content (AvgIpc) is 2.86. The maximum Gasteiger partial charge on any atom is 0.239 e. The van der Waals surface area contributed by atoms with Crippen LogP contribution >= 0.6 is 0 Å². The van der Waals surface area contributed by atoms with Gasteiger partial charge in [0, 0.05) is 24.2 Å². The first-order valence-corrected chi connectivity index (χ1v) is 6.62. The van der Waals surface area contributed by atoms with E-state index < -0.39 is 11.0 Å². The van der Waals surface area contributed by atoms with E-state index in [2.05, 4.69) is 5.32 Å². The van der Waals surface area contributed by atoms with Crippen molar-refractivity contribution in [2.24, 2.45) is 0 Å². The number of rotatable bonds is 1. The molecule has 2 heterocycles. The highest BCUT2D eigenvalue weighted by atomic mass is 32.2. The molecule has 84 valence electrons. The number of fused-ring (bicyclic) bond motifs is 1. The second-order valence-electron chi connectivity index (χ2n) is 3.94. The minimum absolute atomic E-state index is 0.0290. The molecule has 1 aromatic carbocycles. The highest BCUT2D eigenvalue weighted by Gasteiger charge is 2.32. The second-order valence-corrected chi connectivity index (χ2v) is 5.36. The van der Waals surface area contributed by atoms with Crippen LogP contribution in [0, 0.1) is 0 Å². The number of nitrogens with zero attached hydrogens (tertiary/aromatic N) is 1. The maximum absolute atomic E-state index is 11.8. The van der Waals surface area contributed by atoms with E-state index in [4.69, 9.17) is 0 Å². The lowest BCUT2D eigenvalue weighted by Gasteiger charge is -2.17. The van der Waals surface area contributed by atoms with Crippen molar-refractivity contribution in [2.75, 3.05) is 21.9 Å². The Bertz CT molecular complexity index is 471. The minimum atomic E-state index is -1.18. The lowest BCUT2D eigenvalue weighted by atomic mass is 10.1. The largest absolute Gasteiger partial charge is 0.384 e. The number of nitrogens with one attached hydrogen (secondary N) is 1. The first-order chi connectivity index (χ1) is 7.77. The van der Waals surface area contributed by atoms with E-state index >= 15 is 0 Å². The molecule has 1 aromatic rings. The molecule has 1 fully saturated rings. The zero-order valence-corrected chi connectivity index (χ0v) is 9.55. The van der Waals surface area contributed by atoms with Crippen LogP contribution < -0.4 is 9.62 Å². The van der Waals surface area contributed by atoms with Gasteiger partial charge in [-0.3, -0.25) is 4.79 Å². The van der Waals surface area contributed by atoms with Gasteiger partial charge >= 0.3 is 0 Å². The molecular weight excluding hydrogens is 224 g/mol. The van der Waals surface area contributed by atoms with E-state index in [-0.39, 0.29) is 5.91 Å². The van der Waals surface area contributed by atoms with E-state index in [1.54, 1.807) is 0 Å². The average molecular weight is 236 g/mol. The first-order valence-electron chi connectivity index (χ1n) is 5.34. The summed E-state index contributed by atoms with van der Waals surface area (Å²) in [5.74, 6) is 0.425. The third-order valence-electron chi connectivity index (χ3n) is 2.98. The molecule has 4 nitrogen and oxygen atoms in total. The van der Waals surface area contributed by atoms with Crippen LogP contribution in [0.5, 0.6) is 0 Å². The summed E-state index contributed by atoms with van der Waals surface area (Å²) in [6, 6.07) is 5.78. The van der Waals surface area contributed by atoms with Gasteiger partial charge in [0.15, 0.2) is 0 Å². The van der Waals surface area contributed by atoms with Gasteiger partial charge in [-0.2, -0.15) is 0 Å². The maximum atomic E-state index is 11.8. The summed E-state index contributed by atoms with van der Waals surface area (Å²) in [5.41, 5.74) is 3.00. The molecule has 1 atom stereocenters. The van der Waals surface area contributed by atoms with Gasteiger partial charge in [-0.15, -0.1) is 0 Å². The van der Waals surface area contributed by atoms with Crippen LogP contribution in [0.4, 0.5) is 11.4 Å². The molecular formula is C11H12N2O2S. The molecule has 0 bridgehead atoms. The number of hydrogen-bond acceptors (Lipinski definition) is 3. The minimum Gasteiger partial charge on any atom is -0.384 e. The zero-order valence-electron chi connectivity index (χ0n) is 8.73. The summed E-state index contributed by atoms with van der Waals surface area (Å²) >= 11 is 0. The van der Waals surface area contributed by atoms with Crippen LogP contribution in [0.3, 0.4) is 0 Å². The molecule has 2 aliphatic rings. The van der Waals surface area contributed by atoms with E-state index in [9.17, 15) is 9.00 Å². The molecule has 3 rings (SSSR count). The first kappa shape index (κ1) is 9.84. The van der Waals surface area contributed by atoms with Crippen molar-refractivity contribution in [3.63, 3.8) is 0 Å². The van der Waals surface area contributed by atoms with Gasteiger partial charge in [0.2, 0.25) is 5.91 Å². The van der Waals surface area contributed by atoms with Crippen molar-refractivity contribution in [3.8, 4) is 0 Å². The van der Waals surface area contributed by atoms with Crippen LogP contribution in [0.15, 0.2) is 18.2 Å². The predicted octanol–water partition coefficient (Wildman–Crippen LogP) is 1.05. The molecule has 1 unspecified atom stereocenters. The molecule has 2 aliphatic heterocycles. The summed E-state index contributed by atoms with van der Waals surface area (Å²) in [6.07, 6.45) is 1.29. The summed E-state index contributed by atoms with van der Waals surface area (Å²) in [5, 5.41) is 3.26. The van der Waals surface area contributed by atoms with Crippen LogP contribution in [-0.4, -0.2) is 22.4 Å². The fraction of sp³-hybridized carbons (Fsp3) is 0.364. The van der Waals surface area contributed by atoms with Crippen molar-refractivity contribution in [1.82, 2.24) is 0 Å². The highest BCUT2D eigenvalue weighted by molar-refractivity contribution is 7.87. The second kappa shape index (κ2) is 3.59. The molecule has 1 saturated heterocycles. The third-order valence-corrected chi connectivity index (χ3v) is 4.34. The Balaban J connectivity index is 2.10. The predicted molar refractivity (Wildman–Crippen MR) is 63.7 cm³/mol. The van der Waals surface area contributed by atoms with E-state index in [0.717, 1.165) is 29.9 Å². The van der Waals surface area contributed by atoms with Gasteiger partial charge in [-0.25, -0.2) is 8.51 Å². The lowest BCUT2D eigenvalue weighted by molar-refractivity contribution is -0.116. The van der Waals surface area contributed by atoms with Crippen molar-refractivity contribution in [3.05, 3.63) is 23.8 Å². The Morgan fingerprint density at radius 2 is 2.19 bits per heavy atom. The topological polar surface area (TPSA) is 49.4 Å². The van der Waals surface area contributed by atoms with E-state index in [1.165, 1.54) is 4.31 Å². The van der Waals surface area contributed by atoms with Gasteiger partial charge in [0.05, 0.1) is 11.4 Å². The van der Waals surface area contributed by atoms with Gasteiger partial charge in [-0.05, 0) is 18.6 Å². The number of hydrogen-bond donors (Lipinski definition) is 1. The molecule has 0 radical (unpaired) electrons. The lowest BCUT2D eigenvalue weighted by Crippen LogP contribution is -2.25. The Morgan fingerprint density at radius 3 is 2.94 bits per heavy atom. The van der Waals surface area contributed by atoms with Crippen molar-refractivity contribution >= 4 is 28.3 Å². The number of carbonyl (C=O) groups excluding carboxylic acids is 1. The molecule has 1 amide bonds. The third kappa shape index (κ3) is 1.35. The number of anilines is 2. The summed E-state index contributed by atoms with van der Waals surface area (Å²) in [4.78, 5) is 11.7. The van der Waals surface area contributed by atoms with Crippen molar-refractivity contribution in [2.45, 2.75) is 12.8 Å². The van der Waals surface area contributed by atoms with Gasteiger partial charge in [0.1, 0.15) is 11.0 Å². The Hall–Kier alpha value is -1.36. The Morgan fingerprint density at radius 1 is 1.31 bits per heavy atom. The standard InChI is InChI=1S/C11H12N2O2S/c14-11-5-7-16(15)13(11)10-3-1-2-9-8(10)4-6-12-9/h1-3,12H,4-7H2. The van der Waals surface area contributed by atoms with Gasteiger partial charge in [-0.1, -0.05) is 6.07 Å². The fourth-order valence-corrected chi connectivity index (χ4v) is 3.48. The summed E-state index contributed by atoms with van der Waals surface area (Å²) < 4.78 is 13.2. The van der Waals surface area contributed by atoms with E-state index in [0.29, 0.717) is 12.2 Å². The Kier molecular flexibility index (Phi) is 2.21. The van der Waals surface area contributed by atoms with Gasteiger partial charge in [0.25, 0.3) is 0 Å². The molecule has 0 aromatic heterocycles. The van der Waals surface area contributed by atoms with Crippen LogP contribution in [-0.2, 0) is 22.2 Å². The molecule has 0 aliphatic carbocycles. The Labute approximate surface area is 96.2 Å². The number of amides is 1. The van der Waals surface area contributed by atoms with Crippen molar-refractivity contribution in [1.29, 1.82) is 0 Å². The number of carbonyl (C=O) groups is 1. The molecule has 0 spiro atoms. The summed E-state index contributed by atoms with van der Waals surface area (Å²) in [6.45, 7) is 0.890. The highest BCUT2D eigenvalue weighted by Crippen LogP contribution is 2.34. The van der Waals surface area contributed by atoms with Gasteiger partial charge < -0.3 is 5.32 Å². The monoisotopic (exact) mass is 236 g/mol. The van der Waals surface area contributed by atoms with E-state index in [1.807, 2.05) is 18.2 Å². The molecule has 1 N–H and O–H groups in total.